The quantitative estimate of drug-likeness (QED) is 0.524. The molecular formula is C24H24N2O4S2. The fraction of sp³-hybridized carbons (Fsp3) is 0.292. The van der Waals surface area contributed by atoms with E-state index in [0.29, 0.717) is 27.2 Å². The summed E-state index contributed by atoms with van der Waals surface area (Å²) in [6.45, 7) is 6.60. The Morgan fingerprint density at radius 3 is 2.59 bits per heavy atom. The van der Waals surface area contributed by atoms with Crippen LogP contribution in [0.2, 0.25) is 0 Å². The van der Waals surface area contributed by atoms with E-state index in [4.69, 9.17) is 17.0 Å². The average Bonchev–Trinajstić information content (AvgIpc) is 3.06. The summed E-state index contributed by atoms with van der Waals surface area (Å²) < 4.78 is 6.06. The van der Waals surface area contributed by atoms with Gasteiger partial charge in [0.15, 0.2) is 6.61 Å². The standard InChI is InChI=1S/C24H24N2O4S2/c1-24(2,3)17-7-15(6-16(8-17)12-27)11-26-18-9-14(4-5-19(18)30-13-21(26)28)10-20-22(29)25-23(31)32-20/h4-10,27H,11-13H2,1-3H3,(H,25,29,31)/b20-10-. The Kier molecular flexibility index (Phi) is 6.11. The molecule has 0 unspecified atom stereocenters. The van der Waals surface area contributed by atoms with E-state index in [9.17, 15) is 14.7 Å². The number of nitrogens with one attached hydrogen (secondary N) is 1. The Bertz CT molecular complexity index is 1150. The molecule has 166 valence electrons. The molecule has 0 saturated carbocycles. The first kappa shape index (κ1) is 22.5. The monoisotopic (exact) mass is 468 g/mol. The number of hydrogen-bond acceptors (Lipinski definition) is 6. The van der Waals surface area contributed by atoms with Gasteiger partial charge in [-0.05, 0) is 45.9 Å². The highest BCUT2D eigenvalue weighted by Crippen LogP contribution is 2.36. The maximum Gasteiger partial charge on any atom is 0.265 e. The third-order valence-corrected chi connectivity index (χ3v) is 6.47. The van der Waals surface area contributed by atoms with Crippen molar-refractivity contribution in [1.29, 1.82) is 0 Å². The lowest BCUT2D eigenvalue weighted by Gasteiger charge is -2.30. The number of amides is 2. The Balaban J connectivity index is 1.70. The maximum absolute atomic E-state index is 12.8. The fourth-order valence-corrected chi connectivity index (χ4v) is 4.66. The smallest absolute Gasteiger partial charge is 0.265 e. The van der Waals surface area contributed by atoms with Crippen LogP contribution < -0.4 is 15.0 Å². The SMILES string of the molecule is CC(C)(C)c1cc(CO)cc(CN2C(=O)COc3ccc(/C=C4\SC(=S)NC4=O)cc32)c1. The molecule has 2 N–H and O–H groups in total. The molecule has 2 aromatic rings. The van der Waals surface area contributed by atoms with Crippen molar-refractivity contribution < 1.29 is 19.4 Å². The lowest BCUT2D eigenvalue weighted by molar-refractivity contribution is -0.121. The Morgan fingerprint density at radius 2 is 1.94 bits per heavy atom. The average molecular weight is 469 g/mol. The van der Waals surface area contributed by atoms with Crippen molar-refractivity contribution in [3.05, 3.63) is 63.6 Å². The van der Waals surface area contributed by atoms with Gasteiger partial charge in [0.25, 0.3) is 11.8 Å². The topological polar surface area (TPSA) is 78.9 Å². The highest BCUT2D eigenvalue weighted by atomic mass is 32.2. The maximum atomic E-state index is 12.8. The van der Waals surface area contributed by atoms with Crippen LogP contribution in [-0.2, 0) is 28.2 Å². The molecule has 0 bridgehead atoms. The minimum atomic E-state index is -0.225. The number of thioether (sulfide) groups is 1. The molecule has 0 aliphatic carbocycles. The molecule has 0 spiro atoms. The Morgan fingerprint density at radius 1 is 1.19 bits per heavy atom. The molecule has 0 atom stereocenters. The first-order valence-corrected chi connectivity index (χ1v) is 11.4. The summed E-state index contributed by atoms with van der Waals surface area (Å²) in [5, 5.41) is 12.3. The fourth-order valence-electron chi connectivity index (χ4n) is 3.62. The van der Waals surface area contributed by atoms with Gasteiger partial charge in [-0.15, -0.1) is 0 Å². The lowest BCUT2D eigenvalue weighted by atomic mass is 9.85. The second-order valence-electron chi connectivity index (χ2n) is 8.79. The van der Waals surface area contributed by atoms with E-state index < -0.39 is 0 Å². The Labute approximate surface area is 196 Å². The molecule has 6 nitrogen and oxygen atoms in total. The normalized spacial score (nSPS) is 17.4. The second kappa shape index (κ2) is 8.69. The van der Waals surface area contributed by atoms with Gasteiger partial charge < -0.3 is 20.1 Å². The predicted molar refractivity (Wildman–Crippen MR) is 131 cm³/mol. The summed E-state index contributed by atoms with van der Waals surface area (Å²) in [6, 6.07) is 11.5. The van der Waals surface area contributed by atoms with E-state index in [1.54, 1.807) is 11.0 Å². The van der Waals surface area contributed by atoms with E-state index in [1.807, 2.05) is 30.3 Å². The third kappa shape index (κ3) is 4.72. The minimum absolute atomic E-state index is 0.0359. The number of aliphatic hydroxyl groups excluding tert-OH is 1. The van der Waals surface area contributed by atoms with Gasteiger partial charge in [-0.2, -0.15) is 0 Å². The van der Waals surface area contributed by atoms with Crippen molar-refractivity contribution in [2.45, 2.75) is 39.3 Å². The van der Waals surface area contributed by atoms with Gasteiger partial charge >= 0.3 is 0 Å². The largest absolute Gasteiger partial charge is 0.482 e. The van der Waals surface area contributed by atoms with Crippen LogP contribution in [-0.4, -0.2) is 27.8 Å². The van der Waals surface area contributed by atoms with Crippen LogP contribution in [0.4, 0.5) is 5.69 Å². The summed E-state index contributed by atoms with van der Waals surface area (Å²) >= 11 is 6.26. The van der Waals surface area contributed by atoms with Gasteiger partial charge in [0.05, 0.1) is 23.7 Å². The van der Waals surface area contributed by atoms with E-state index in [0.717, 1.165) is 22.3 Å². The Hall–Kier alpha value is -2.68. The van der Waals surface area contributed by atoms with Crippen LogP contribution in [0.5, 0.6) is 5.75 Å². The summed E-state index contributed by atoms with van der Waals surface area (Å²) in [4.78, 5) is 27.0. The van der Waals surface area contributed by atoms with E-state index in [-0.39, 0.29) is 30.4 Å². The van der Waals surface area contributed by atoms with E-state index in [1.165, 1.54) is 11.8 Å². The van der Waals surface area contributed by atoms with Crippen molar-refractivity contribution in [1.82, 2.24) is 5.32 Å². The molecule has 0 aromatic heterocycles. The minimum Gasteiger partial charge on any atom is -0.482 e. The van der Waals surface area contributed by atoms with Crippen molar-refractivity contribution >= 4 is 51.9 Å². The van der Waals surface area contributed by atoms with Crippen LogP contribution >= 0.6 is 24.0 Å². The highest BCUT2D eigenvalue weighted by molar-refractivity contribution is 8.26. The van der Waals surface area contributed by atoms with Crippen LogP contribution in [0.3, 0.4) is 0 Å². The molecule has 0 radical (unpaired) electrons. The van der Waals surface area contributed by atoms with Gasteiger partial charge in [0, 0.05) is 0 Å². The molecule has 4 rings (SSSR count). The van der Waals surface area contributed by atoms with Gasteiger partial charge in [0.2, 0.25) is 0 Å². The summed E-state index contributed by atoms with van der Waals surface area (Å²) in [5.74, 6) is 0.237. The third-order valence-electron chi connectivity index (χ3n) is 5.31. The molecule has 2 heterocycles. The molecule has 32 heavy (non-hydrogen) atoms. The zero-order valence-electron chi connectivity index (χ0n) is 18.1. The van der Waals surface area contributed by atoms with Crippen molar-refractivity contribution in [3.8, 4) is 5.75 Å². The lowest BCUT2D eigenvalue weighted by Crippen LogP contribution is -2.38. The van der Waals surface area contributed by atoms with Crippen molar-refractivity contribution in [2.75, 3.05) is 11.5 Å². The molecule has 2 aromatic carbocycles. The van der Waals surface area contributed by atoms with Crippen LogP contribution in [0, 0.1) is 0 Å². The van der Waals surface area contributed by atoms with Gasteiger partial charge in [-0.3, -0.25) is 9.59 Å². The molecule has 1 saturated heterocycles. The number of thiocarbonyl (C=S) groups is 1. The number of fused-ring (bicyclic) bond motifs is 1. The number of hydrogen-bond donors (Lipinski definition) is 2. The highest BCUT2D eigenvalue weighted by Gasteiger charge is 2.27. The molecule has 8 heteroatoms. The molecule has 1 fully saturated rings. The first-order chi connectivity index (χ1) is 15.1. The number of ether oxygens (including phenoxy) is 1. The molecule has 2 aliphatic heterocycles. The zero-order valence-corrected chi connectivity index (χ0v) is 19.7. The second-order valence-corrected chi connectivity index (χ2v) is 10.5. The van der Waals surface area contributed by atoms with E-state index in [2.05, 4.69) is 32.2 Å². The number of rotatable bonds is 4. The van der Waals surface area contributed by atoms with Crippen LogP contribution in [0.25, 0.3) is 6.08 Å². The zero-order chi connectivity index (χ0) is 23.0. The van der Waals surface area contributed by atoms with E-state index >= 15 is 0 Å². The molecule has 2 amide bonds. The number of nitrogens with zero attached hydrogens (tertiary/aromatic N) is 1. The first-order valence-electron chi connectivity index (χ1n) is 10.2. The van der Waals surface area contributed by atoms with Crippen molar-refractivity contribution in [2.24, 2.45) is 0 Å². The number of benzene rings is 2. The van der Waals surface area contributed by atoms with Gasteiger partial charge in [-0.1, -0.05) is 69.0 Å². The summed E-state index contributed by atoms with van der Waals surface area (Å²) in [7, 11) is 0. The van der Waals surface area contributed by atoms with Crippen LogP contribution in [0.15, 0.2) is 41.3 Å². The predicted octanol–water partition coefficient (Wildman–Crippen LogP) is 3.89. The molecule has 2 aliphatic rings. The van der Waals surface area contributed by atoms with Crippen LogP contribution in [0.1, 0.15) is 43.0 Å². The molecular weight excluding hydrogens is 444 g/mol. The number of carbonyl (C=O) groups is 2. The number of anilines is 1. The number of aliphatic hydroxyl groups is 1. The van der Waals surface area contributed by atoms with Gasteiger partial charge in [-0.25, -0.2) is 0 Å². The number of carbonyl (C=O) groups excluding carboxylic acids is 2. The summed E-state index contributed by atoms with van der Waals surface area (Å²) in [5.41, 5.74) is 4.17. The summed E-state index contributed by atoms with van der Waals surface area (Å²) in [6.07, 6.45) is 1.75. The van der Waals surface area contributed by atoms with Crippen molar-refractivity contribution in [3.63, 3.8) is 0 Å². The van der Waals surface area contributed by atoms with Gasteiger partial charge in [0.1, 0.15) is 10.1 Å².